The Labute approximate surface area is 195 Å². The van der Waals surface area contributed by atoms with E-state index in [1.54, 1.807) is 60.7 Å². The van der Waals surface area contributed by atoms with Crippen molar-refractivity contribution in [2.75, 3.05) is 4.90 Å². The minimum atomic E-state index is -0.421. The van der Waals surface area contributed by atoms with Crippen molar-refractivity contribution in [3.8, 4) is 5.75 Å². The summed E-state index contributed by atoms with van der Waals surface area (Å²) in [5.74, 6) is -0.116. The monoisotopic (exact) mass is 517 g/mol. The Morgan fingerprint density at radius 1 is 1.06 bits per heavy atom. The van der Waals surface area contributed by atoms with Crippen molar-refractivity contribution in [2.45, 2.75) is 6.61 Å². The predicted octanol–water partition coefficient (Wildman–Crippen LogP) is 7.06. The normalized spacial score (nSPS) is 15.1. The average Bonchev–Trinajstić information content (AvgIpc) is 3.02. The Morgan fingerprint density at radius 3 is 2.52 bits per heavy atom. The van der Waals surface area contributed by atoms with Crippen LogP contribution in [0.4, 0.5) is 14.9 Å². The van der Waals surface area contributed by atoms with Crippen molar-refractivity contribution >= 4 is 62.2 Å². The number of hydrogen-bond donors (Lipinski definition) is 0. The molecule has 1 heterocycles. The number of thioether (sulfide) groups is 1. The summed E-state index contributed by atoms with van der Waals surface area (Å²) >= 11 is 10.5. The fourth-order valence-corrected chi connectivity index (χ4v) is 4.49. The fraction of sp³-hybridized carbons (Fsp3) is 0.0435. The molecular weight excluding hydrogens is 505 g/mol. The van der Waals surface area contributed by atoms with Crippen molar-refractivity contribution in [3.05, 3.63) is 98.1 Å². The molecule has 1 aliphatic heterocycles. The quantitative estimate of drug-likeness (QED) is 0.339. The number of amides is 2. The summed E-state index contributed by atoms with van der Waals surface area (Å²) in [5.41, 5.74) is 1.93. The highest BCUT2D eigenvalue weighted by molar-refractivity contribution is 9.10. The van der Waals surface area contributed by atoms with Crippen molar-refractivity contribution in [1.82, 2.24) is 0 Å². The summed E-state index contributed by atoms with van der Waals surface area (Å²) in [6, 6.07) is 18.1. The largest absolute Gasteiger partial charge is 0.488 e. The van der Waals surface area contributed by atoms with Gasteiger partial charge in [-0.25, -0.2) is 9.29 Å². The van der Waals surface area contributed by atoms with Gasteiger partial charge in [0.15, 0.2) is 0 Å². The van der Waals surface area contributed by atoms with Crippen LogP contribution in [-0.4, -0.2) is 11.1 Å². The van der Waals surface area contributed by atoms with Crippen LogP contribution in [0.5, 0.6) is 5.75 Å². The minimum Gasteiger partial charge on any atom is -0.488 e. The van der Waals surface area contributed by atoms with Crippen molar-refractivity contribution in [1.29, 1.82) is 0 Å². The highest BCUT2D eigenvalue weighted by Gasteiger charge is 2.37. The second kappa shape index (κ2) is 9.26. The van der Waals surface area contributed by atoms with Crippen LogP contribution in [0.3, 0.4) is 0 Å². The zero-order valence-corrected chi connectivity index (χ0v) is 19.0. The number of carbonyl (C=O) groups is 2. The fourth-order valence-electron chi connectivity index (χ4n) is 2.93. The van der Waals surface area contributed by atoms with Crippen LogP contribution < -0.4 is 9.64 Å². The number of halogens is 3. The third kappa shape index (κ3) is 4.84. The number of carbonyl (C=O) groups excluding carboxylic acids is 2. The molecule has 3 aromatic rings. The summed E-state index contributed by atoms with van der Waals surface area (Å²) in [5, 5.41) is -0.0703. The summed E-state index contributed by atoms with van der Waals surface area (Å²) in [7, 11) is 0. The molecule has 0 aromatic heterocycles. The van der Waals surface area contributed by atoms with Gasteiger partial charge < -0.3 is 4.74 Å². The van der Waals surface area contributed by atoms with Crippen LogP contribution in [0.25, 0.3) is 6.08 Å². The topological polar surface area (TPSA) is 46.6 Å². The van der Waals surface area contributed by atoms with E-state index in [1.165, 1.54) is 12.1 Å². The number of imide groups is 1. The third-order valence-electron chi connectivity index (χ3n) is 4.45. The third-order valence-corrected chi connectivity index (χ3v) is 6.26. The number of nitrogens with zero attached hydrogens (tertiary/aromatic N) is 1. The van der Waals surface area contributed by atoms with Gasteiger partial charge in [0.25, 0.3) is 11.1 Å². The molecule has 0 aliphatic carbocycles. The Kier molecular flexibility index (Phi) is 6.46. The lowest BCUT2D eigenvalue weighted by Crippen LogP contribution is -2.27. The Hall–Kier alpha value is -2.61. The van der Waals surface area contributed by atoms with E-state index in [4.69, 9.17) is 16.3 Å². The number of ether oxygens (including phenoxy) is 1. The number of anilines is 1. The lowest BCUT2D eigenvalue weighted by Gasteiger charge is -2.13. The van der Waals surface area contributed by atoms with Crippen LogP contribution in [0.2, 0.25) is 5.02 Å². The maximum atomic E-state index is 13.0. The van der Waals surface area contributed by atoms with Gasteiger partial charge in [-0.05, 0) is 81.3 Å². The van der Waals surface area contributed by atoms with Gasteiger partial charge in [0.05, 0.1) is 20.1 Å². The first kappa shape index (κ1) is 21.6. The molecule has 0 atom stereocenters. The smallest absolute Gasteiger partial charge is 0.298 e. The Balaban J connectivity index is 1.50. The van der Waals surface area contributed by atoms with Crippen LogP contribution in [0.15, 0.2) is 76.1 Å². The molecule has 4 nitrogen and oxygen atoms in total. The molecule has 2 amide bonds. The van der Waals surface area contributed by atoms with Gasteiger partial charge in [0.2, 0.25) is 0 Å². The first-order valence-electron chi connectivity index (χ1n) is 9.11. The predicted molar refractivity (Wildman–Crippen MR) is 125 cm³/mol. The van der Waals surface area contributed by atoms with E-state index in [2.05, 4.69) is 15.9 Å². The standard InChI is InChI=1S/C23H14BrClFNO3S/c24-17-11-15(7-10-20(17)30-13-14-5-8-16(26)9-6-14)12-21-22(28)27(23(29)31-21)19-4-2-1-3-18(19)25/h1-12H,13H2/b21-12-. The molecule has 1 aliphatic rings. The number of para-hydroxylation sites is 1. The van der Waals surface area contributed by atoms with Crippen molar-refractivity contribution < 1.29 is 18.7 Å². The van der Waals surface area contributed by atoms with E-state index in [-0.39, 0.29) is 12.4 Å². The van der Waals surface area contributed by atoms with Gasteiger partial charge in [-0.1, -0.05) is 41.9 Å². The molecule has 0 unspecified atom stereocenters. The molecule has 0 N–H and O–H groups in total. The molecule has 31 heavy (non-hydrogen) atoms. The SMILES string of the molecule is O=C1S/C(=C\c2ccc(OCc3ccc(F)cc3)c(Br)c2)C(=O)N1c1ccccc1Cl. The maximum Gasteiger partial charge on any atom is 0.298 e. The van der Waals surface area contributed by atoms with Gasteiger partial charge in [-0.2, -0.15) is 0 Å². The molecule has 1 saturated heterocycles. The number of rotatable bonds is 5. The van der Waals surface area contributed by atoms with Crippen molar-refractivity contribution in [3.63, 3.8) is 0 Å². The zero-order chi connectivity index (χ0) is 22.0. The maximum absolute atomic E-state index is 13.0. The van der Waals surface area contributed by atoms with Crippen LogP contribution in [-0.2, 0) is 11.4 Å². The van der Waals surface area contributed by atoms with Crippen LogP contribution >= 0.6 is 39.3 Å². The van der Waals surface area contributed by atoms with Crippen LogP contribution in [0.1, 0.15) is 11.1 Å². The van der Waals surface area contributed by atoms with E-state index in [0.717, 1.165) is 27.8 Å². The Morgan fingerprint density at radius 2 is 1.81 bits per heavy atom. The summed E-state index contributed by atoms with van der Waals surface area (Å²) in [6.07, 6.45) is 1.65. The molecule has 156 valence electrons. The Bertz CT molecular complexity index is 1200. The highest BCUT2D eigenvalue weighted by Crippen LogP contribution is 2.39. The molecule has 0 bridgehead atoms. The zero-order valence-electron chi connectivity index (χ0n) is 15.8. The van der Waals surface area contributed by atoms with Gasteiger partial charge >= 0.3 is 0 Å². The first-order valence-corrected chi connectivity index (χ1v) is 11.1. The second-order valence-electron chi connectivity index (χ2n) is 6.57. The average molecular weight is 519 g/mol. The molecule has 4 rings (SSSR count). The van der Waals surface area contributed by atoms with E-state index < -0.39 is 11.1 Å². The van der Waals surface area contributed by atoms with Gasteiger partial charge in [0, 0.05) is 0 Å². The summed E-state index contributed by atoms with van der Waals surface area (Å²) in [6.45, 7) is 0.287. The lowest BCUT2D eigenvalue weighted by molar-refractivity contribution is -0.113. The highest BCUT2D eigenvalue weighted by atomic mass is 79.9. The van der Waals surface area contributed by atoms with E-state index in [9.17, 15) is 14.0 Å². The summed E-state index contributed by atoms with van der Waals surface area (Å²) < 4.78 is 19.5. The molecule has 8 heteroatoms. The summed E-state index contributed by atoms with van der Waals surface area (Å²) in [4.78, 5) is 26.6. The molecule has 3 aromatic carbocycles. The second-order valence-corrected chi connectivity index (χ2v) is 8.83. The molecule has 0 saturated carbocycles. The minimum absolute atomic E-state index is 0.287. The molecule has 0 radical (unpaired) electrons. The van der Waals surface area contributed by atoms with E-state index in [1.807, 2.05) is 0 Å². The van der Waals surface area contributed by atoms with E-state index >= 15 is 0 Å². The van der Waals surface area contributed by atoms with Gasteiger partial charge in [-0.15, -0.1) is 0 Å². The van der Waals surface area contributed by atoms with E-state index in [0.29, 0.717) is 25.8 Å². The lowest BCUT2D eigenvalue weighted by atomic mass is 10.2. The molecule has 0 spiro atoms. The van der Waals surface area contributed by atoms with Crippen LogP contribution in [0, 0.1) is 5.82 Å². The number of benzene rings is 3. The van der Waals surface area contributed by atoms with Gasteiger partial charge in [0.1, 0.15) is 18.2 Å². The molecular formula is C23H14BrClFNO3S. The van der Waals surface area contributed by atoms with Gasteiger partial charge in [-0.3, -0.25) is 9.59 Å². The van der Waals surface area contributed by atoms with Crippen molar-refractivity contribution in [2.24, 2.45) is 0 Å². The first-order chi connectivity index (χ1) is 14.9. The number of hydrogen-bond acceptors (Lipinski definition) is 4. The molecule has 1 fully saturated rings.